The van der Waals surface area contributed by atoms with Crippen molar-refractivity contribution >= 4 is 40.5 Å². The Morgan fingerprint density at radius 2 is 1.82 bits per heavy atom. The van der Waals surface area contributed by atoms with Crippen LogP contribution in [0.5, 0.6) is 0 Å². The molecule has 5 atom stereocenters. The molecule has 1 spiro atoms. The normalized spacial score (nSPS) is 28.7. The number of unbranched alkanes of at least 4 members (excludes halogenated alkanes) is 1. The van der Waals surface area contributed by atoms with Crippen LogP contribution in [0, 0.1) is 11.8 Å². The van der Waals surface area contributed by atoms with Gasteiger partial charge in [0.15, 0.2) is 0 Å². The average molecular weight is 563 g/mol. The van der Waals surface area contributed by atoms with E-state index in [1.165, 1.54) is 0 Å². The molecule has 6 rings (SSSR count). The number of hydrogen-bond acceptors (Lipinski definition) is 7. The summed E-state index contributed by atoms with van der Waals surface area (Å²) in [4.78, 5) is 43.4. The molecule has 3 aliphatic rings. The third-order valence-corrected chi connectivity index (χ3v) is 10.7. The Balaban J connectivity index is 1.26. The minimum absolute atomic E-state index is 0.0180. The van der Waals surface area contributed by atoms with E-state index in [1.807, 2.05) is 54.6 Å². The van der Waals surface area contributed by atoms with Crippen LogP contribution in [0.15, 0.2) is 54.6 Å². The fourth-order valence-corrected chi connectivity index (χ4v) is 9.30. The summed E-state index contributed by atoms with van der Waals surface area (Å²) in [5.41, 5.74) is 2.53. The summed E-state index contributed by atoms with van der Waals surface area (Å²) < 4.78 is 0.517. The number of aliphatic hydroxyl groups excluding tert-OH is 1. The number of nitrogens with zero attached hydrogens (tertiary/aromatic N) is 4. The monoisotopic (exact) mass is 562 g/mol. The second-order valence-electron chi connectivity index (χ2n) is 11.2. The van der Waals surface area contributed by atoms with Crippen LogP contribution >= 0.6 is 11.8 Å². The molecule has 0 saturated carbocycles. The third kappa shape index (κ3) is 4.35. The summed E-state index contributed by atoms with van der Waals surface area (Å²) in [6.45, 7) is 2.96. The molecule has 210 valence electrons. The molecular formula is C29H34N6O4S. The van der Waals surface area contributed by atoms with Crippen molar-refractivity contribution in [1.29, 1.82) is 0 Å². The van der Waals surface area contributed by atoms with Gasteiger partial charge in [0.2, 0.25) is 17.7 Å². The van der Waals surface area contributed by atoms with E-state index < -0.39 is 27.4 Å². The molecule has 0 radical (unpaired) electrons. The van der Waals surface area contributed by atoms with Gasteiger partial charge in [0.25, 0.3) is 0 Å². The van der Waals surface area contributed by atoms with Crippen molar-refractivity contribution in [1.82, 2.24) is 30.5 Å². The standard InChI is InChI=1S/C29H34N6O4S/c1-28-13-14-29(40-28)23(22(28)25(37)30-17-19-9-3-2-4-10-19)27(39)34(15-7-8-16-36)24(29)26(38)31-18-35-21-12-6-5-11-20(21)32-33-35/h2-6,9-12,22-24,36H,7-8,13-18H2,1H3,(H,30,37)(H,31,38)/t22-,23-,24?,28+,29?/m0/s1. The van der Waals surface area contributed by atoms with E-state index in [2.05, 4.69) is 27.9 Å². The predicted octanol–water partition coefficient (Wildman–Crippen LogP) is 2.08. The molecule has 2 unspecified atom stereocenters. The van der Waals surface area contributed by atoms with Gasteiger partial charge in [-0.2, -0.15) is 0 Å². The van der Waals surface area contributed by atoms with E-state index in [0.717, 1.165) is 23.0 Å². The number of amides is 3. The molecule has 40 heavy (non-hydrogen) atoms. The lowest BCUT2D eigenvalue weighted by Crippen LogP contribution is -2.54. The summed E-state index contributed by atoms with van der Waals surface area (Å²) in [5, 5.41) is 23.8. The number of aromatic nitrogens is 3. The number of carbonyl (C=O) groups excluding carboxylic acids is 3. The number of fused-ring (bicyclic) bond motifs is 2. The van der Waals surface area contributed by atoms with Crippen LogP contribution in [0.4, 0.5) is 0 Å². The molecule has 2 bridgehead atoms. The summed E-state index contributed by atoms with van der Waals surface area (Å²) in [5.74, 6) is -1.63. The van der Waals surface area contributed by atoms with E-state index in [9.17, 15) is 19.5 Å². The van der Waals surface area contributed by atoms with E-state index >= 15 is 0 Å². The van der Waals surface area contributed by atoms with Gasteiger partial charge in [0.1, 0.15) is 18.2 Å². The van der Waals surface area contributed by atoms with Gasteiger partial charge >= 0.3 is 0 Å². The third-order valence-electron chi connectivity index (χ3n) is 8.75. The molecule has 3 aromatic rings. The summed E-state index contributed by atoms with van der Waals surface area (Å²) in [6.07, 6.45) is 2.56. The Hall–Kier alpha value is -3.44. The highest BCUT2D eigenvalue weighted by atomic mass is 32.2. The topological polar surface area (TPSA) is 129 Å². The highest BCUT2D eigenvalue weighted by Crippen LogP contribution is 2.71. The zero-order valence-electron chi connectivity index (χ0n) is 22.5. The Kier molecular flexibility index (Phi) is 7.03. The molecule has 10 nitrogen and oxygen atoms in total. The smallest absolute Gasteiger partial charge is 0.245 e. The molecule has 1 aromatic heterocycles. The van der Waals surface area contributed by atoms with Crippen molar-refractivity contribution in [3.63, 3.8) is 0 Å². The summed E-state index contributed by atoms with van der Waals surface area (Å²) in [7, 11) is 0. The Bertz CT molecular complexity index is 1430. The number of hydrogen-bond donors (Lipinski definition) is 3. The Morgan fingerprint density at radius 1 is 1.05 bits per heavy atom. The molecule has 3 N–H and O–H groups in total. The van der Waals surface area contributed by atoms with Crippen molar-refractivity contribution < 1.29 is 19.5 Å². The predicted molar refractivity (Wildman–Crippen MR) is 151 cm³/mol. The minimum atomic E-state index is -0.711. The Labute approximate surface area is 236 Å². The number of aliphatic hydroxyl groups is 1. The van der Waals surface area contributed by atoms with Crippen LogP contribution in [-0.4, -0.2) is 71.4 Å². The van der Waals surface area contributed by atoms with Crippen LogP contribution in [0.2, 0.25) is 0 Å². The first kappa shape index (κ1) is 26.8. The second-order valence-corrected chi connectivity index (χ2v) is 13.1. The van der Waals surface area contributed by atoms with E-state index in [0.29, 0.717) is 32.4 Å². The van der Waals surface area contributed by atoms with Crippen LogP contribution in [0.3, 0.4) is 0 Å². The van der Waals surface area contributed by atoms with Crippen molar-refractivity contribution in [2.75, 3.05) is 13.2 Å². The molecule has 3 amide bonds. The Morgan fingerprint density at radius 3 is 2.62 bits per heavy atom. The van der Waals surface area contributed by atoms with Gasteiger partial charge in [-0.25, -0.2) is 4.68 Å². The van der Waals surface area contributed by atoms with E-state index in [1.54, 1.807) is 21.3 Å². The minimum Gasteiger partial charge on any atom is -0.396 e. The first-order valence-electron chi connectivity index (χ1n) is 13.9. The zero-order valence-corrected chi connectivity index (χ0v) is 23.3. The van der Waals surface area contributed by atoms with Gasteiger partial charge in [-0.1, -0.05) is 47.7 Å². The van der Waals surface area contributed by atoms with Crippen LogP contribution in [0.1, 0.15) is 38.2 Å². The van der Waals surface area contributed by atoms with Gasteiger partial charge < -0.3 is 20.6 Å². The molecule has 2 aromatic carbocycles. The van der Waals surface area contributed by atoms with Gasteiger partial charge in [-0.05, 0) is 50.3 Å². The largest absolute Gasteiger partial charge is 0.396 e. The lowest BCUT2D eigenvalue weighted by molar-refractivity contribution is -0.140. The van der Waals surface area contributed by atoms with Gasteiger partial charge in [0.05, 0.1) is 22.1 Å². The van der Waals surface area contributed by atoms with Crippen molar-refractivity contribution in [3.05, 3.63) is 60.2 Å². The molecular weight excluding hydrogens is 528 g/mol. The molecule has 3 aliphatic heterocycles. The van der Waals surface area contributed by atoms with Crippen molar-refractivity contribution in [2.24, 2.45) is 11.8 Å². The molecule has 3 saturated heterocycles. The van der Waals surface area contributed by atoms with Gasteiger partial charge in [-0.3, -0.25) is 14.4 Å². The maximum atomic E-state index is 14.1. The van der Waals surface area contributed by atoms with Crippen LogP contribution < -0.4 is 10.6 Å². The fraction of sp³-hybridized carbons (Fsp3) is 0.483. The van der Waals surface area contributed by atoms with E-state index in [-0.39, 0.29) is 31.0 Å². The summed E-state index contributed by atoms with van der Waals surface area (Å²) >= 11 is 1.65. The van der Waals surface area contributed by atoms with Gasteiger partial charge in [-0.15, -0.1) is 16.9 Å². The number of nitrogens with one attached hydrogen (secondary N) is 2. The first-order chi connectivity index (χ1) is 19.4. The van der Waals surface area contributed by atoms with Crippen molar-refractivity contribution in [3.8, 4) is 0 Å². The lowest BCUT2D eigenvalue weighted by Gasteiger charge is -2.34. The maximum Gasteiger partial charge on any atom is 0.245 e. The molecule has 4 heterocycles. The number of carbonyl (C=O) groups is 3. The molecule has 3 fully saturated rings. The van der Waals surface area contributed by atoms with Crippen molar-refractivity contribution in [2.45, 2.75) is 61.4 Å². The van der Waals surface area contributed by atoms with Crippen LogP contribution in [0.25, 0.3) is 11.0 Å². The summed E-state index contributed by atoms with van der Waals surface area (Å²) in [6, 6.07) is 16.5. The number of para-hydroxylation sites is 1. The lowest BCUT2D eigenvalue weighted by atomic mass is 9.66. The molecule has 0 aliphatic carbocycles. The maximum absolute atomic E-state index is 14.1. The average Bonchev–Trinajstić information content (AvgIpc) is 3.67. The number of thioether (sulfide) groups is 1. The SMILES string of the molecule is C[C@]12CCC3(S1)C(C(=O)NCn1nnc4ccccc41)N(CCCCO)C(=O)[C@@H]3[C@H]2C(=O)NCc1ccccc1. The molecule has 11 heteroatoms. The zero-order chi connectivity index (χ0) is 27.9. The van der Waals surface area contributed by atoms with Gasteiger partial charge in [0, 0.05) is 24.4 Å². The van der Waals surface area contributed by atoms with Crippen LogP contribution in [-0.2, 0) is 27.6 Å². The quantitative estimate of drug-likeness (QED) is 0.323. The highest BCUT2D eigenvalue weighted by Gasteiger charge is 2.76. The number of benzene rings is 2. The number of likely N-dealkylation sites (tertiary alicyclic amines) is 1. The first-order valence-corrected chi connectivity index (χ1v) is 14.7. The highest BCUT2D eigenvalue weighted by molar-refractivity contribution is 8.02. The fourth-order valence-electron chi connectivity index (χ4n) is 6.94. The number of rotatable bonds is 10. The second kappa shape index (κ2) is 10.5. The van der Waals surface area contributed by atoms with E-state index in [4.69, 9.17) is 0 Å².